The molecule has 0 radical (unpaired) electrons. The van der Waals surface area contributed by atoms with Gasteiger partial charge in [-0.05, 0) is 17.4 Å². The molecule has 1 aliphatic rings. The molecule has 0 aromatic heterocycles. The minimum Gasteiger partial charge on any atom is -0.316 e. The van der Waals surface area contributed by atoms with Gasteiger partial charge in [0, 0.05) is 7.05 Å². The van der Waals surface area contributed by atoms with E-state index in [-0.39, 0.29) is 0 Å². The van der Waals surface area contributed by atoms with E-state index in [0.717, 1.165) is 21.3 Å². The lowest BCUT2D eigenvalue weighted by atomic mass is 9.83. The van der Waals surface area contributed by atoms with Crippen molar-refractivity contribution in [2.45, 2.75) is 5.54 Å². The van der Waals surface area contributed by atoms with Gasteiger partial charge in [0.1, 0.15) is 4.99 Å². The molecule has 0 fully saturated rings. The summed E-state index contributed by atoms with van der Waals surface area (Å²) in [5.41, 5.74) is 1.62. The molecule has 106 valence electrons. The summed E-state index contributed by atoms with van der Waals surface area (Å²) in [6, 6.07) is 20.6. The van der Waals surface area contributed by atoms with Crippen LogP contribution >= 0.6 is 24.0 Å². The Balaban J connectivity index is 2.28. The molecule has 0 bridgehead atoms. The van der Waals surface area contributed by atoms with E-state index in [2.05, 4.69) is 24.3 Å². The molecule has 2 nitrogen and oxygen atoms in total. The van der Waals surface area contributed by atoms with Crippen LogP contribution in [0.25, 0.3) is 0 Å². The average Bonchev–Trinajstić information content (AvgIpc) is 2.82. The smallest absolute Gasteiger partial charge is 0.165 e. The van der Waals surface area contributed by atoms with Crippen molar-refractivity contribution in [2.24, 2.45) is 4.99 Å². The number of nitrogens with zero attached hydrogens (tertiary/aromatic N) is 2. The quantitative estimate of drug-likeness (QED) is 0.782. The van der Waals surface area contributed by atoms with Crippen LogP contribution in [0, 0.1) is 0 Å². The monoisotopic (exact) mass is 312 g/mol. The number of rotatable bonds is 2. The van der Waals surface area contributed by atoms with Crippen molar-refractivity contribution in [1.82, 2.24) is 4.90 Å². The molecule has 0 N–H and O–H groups in total. The van der Waals surface area contributed by atoms with Gasteiger partial charge in [-0.1, -0.05) is 84.6 Å². The van der Waals surface area contributed by atoms with Gasteiger partial charge in [0.25, 0.3) is 0 Å². The van der Waals surface area contributed by atoms with E-state index < -0.39 is 5.54 Å². The lowest BCUT2D eigenvalue weighted by Crippen LogP contribution is -2.37. The Morgan fingerprint density at radius 3 is 1.81 bits per heavy atom. The number of hydrogen-bond donors (Lipinski definition) is 0. The third-order valence-corrected chi connectivity index (χ3v) is 5.03. The third-order valence-electron chi connectivity index (χ3n) is 3.73. The van der Waals surface area contributed by atoms with Gasteiger partial charge in [-0.25, -0.2) is 4.99 Å². The Morgan fingerprint density at radius 2 is 1.43 bits per heavy atom. The fourth-order valence-corrected chi connectivity index (χ4v) is 3.70. The highest BCUT2D eigenvalue weighted by molar-refractivity contribution is 8.13. The molecule has 0 spiro atoms. The van der Waals surface area contributed by atoms with Gasteiger partial charge in [0.2, 0.25) is 0 Å². The molecule has 0 unspecified atom stereocenters. The van der Waals surface area contributed by atoms with E-state index >= 15 is 0 Å². The number of thiocarbonyl (C=S) groups is 1. The van der Waals surface area contributed by atoms with E-state index in [9.17, 15) is 0 Å². The van der Waals surface area contributed by atoms with Crippen LogP contribution in [0.3, 0.4) is 0 Å². The predicted molar refractivity (Wildman–Crippen MR) is 95.0 cm³/mol. The van der Waals surface area contributed by atoms with Gasteiger partial charge in [-0.2, -0.15) is 0 Å². The second kappa shape index (κ2) is 5.62. The zero-order valence-electron chi connectivity index (χ0n) is 12.0. The number of amidine groups is 1. The fourth-order valence-electron chi connectivity index (χ4n) is 2.68. The van der Waals surface area contributed by atoms with Gasteiger partial charge in [0.15, 0.2) is 10.7 Å². The van der Waals surface area contributed by atoms with Crippen molar-refractivity contribution in [2.75, 3.05) is 13.3 Å². The molecule has 2 aromatic rings. The van der Waals surface area contributed by atoms with Crippen LogP contribution in [0.15, 0.2) is 65.7 Å². The summed E-state index contributed by atoms with van der Waals surface area (Å²) >= 11 is 7.41. The zero-order valence-corrected chi connectivity index (χ0v) is 13.6. The Morgan fingerprint density at radius 1 is 0.952 bits per heavy atom. The summed E-state index contributed by atoms with van der Waals surface area (Å²) in [6.45, 7) is 0. The van der Waals surface area contributed by atoms with Crippen LogP contribution in [0.1, 0.15) is 11.1 Å². The summed E-state index contributed by atoms with van der Waals surface area (Å²) in [5, 5.41) is 0.952. The topological polar surface area (TPSA) is 15.6 Å². The molecule has 0 saturated heterocycles. The van der Waals surface area contributed by atoms with Crippen molar-refractivity contribution in [1.29, 1.82) is 0 Å². The van der Waals surface area contributed by atoms with Crippen molar-refractivity contribution < 1.29 is 0 Å². The highest BCUT2D eigenvalue weighted by atomic mass is 32.2. The first-order valence-electron chi connectivity index (χ1n) is 6.73. The number of thioether (sulfide) groups is 1. The molecular formula is C17H16N2S2. The predicted octanol–water partition coefficient (Wildman–Crippen LogP) is 3.92. The van der Waals surface area contributed by atoms with E-state index in [4.69, 9.17) is 17.2 Å². The molecule has 0 saturated carbocycles. The van der Waals surface area contributed by atoms with Gasteiger partial charge in [-0.3, -0.25) is 0 Å². The average molecular weight is 312 g/mol. The number of hydrogen-bond acceptors (Lipinski definition) is 3. The Labute approximate surface area is 134 Å². The fraction of sp³-hybridized carbons (Fsp3) is 0.176. The largest absolute Gasteiger partial charge is 0.316 e. The minimum atomic E-state index is -0.592. The SMILES string of the molecule is CSC1=NC(c2ccccc2)(c2ccccc2)C(=S)N1C. The molecular weight excluding hydrogens is 296 g/mol. The highest BCUT2D eigenvalue weighted by Gasteiger charge is 2.46. The maximum atomic E-state index is 5.78. The molecule has 0 amide bonds. The van der Waals surface area contributed by atoms with Crippen molar-refractivity contribution in [3.05, 3.63) is 71.8 Å². The molecule has 0 atom stereocenters. The van der Waals surface area contributed by atoms with Crippen LogP contribution in [0.5, 0.6) is 0 Å². The van der Waals surface area contributed by atoms with E-state index in [1.54, 1.807) is 11.8 Å². The van der Waals surface area contributed by atoms with E-state index in [0.29, 0.717) is 0 Å². The maximum absolute atomic E-state index is 5.78. The van der Waals surface area contributed by atoms with Gasteiger partial charge in [0.05, 0.1) is 0 Å². The highest BCUT2D eigenvalue weighted by Crippen LogP contribution is 2.41. The normalized spacial score (nSPS) is 17.0. The summed E-state index contributed by atoms with van der Waals surface area (Å²) in [4.78, 5) is 7.84. The van der Waals surface area contributed by atoms with Crippen molar-refractivity contribution >= 4 is 34.1 Å². The standard InChI is InChI=1S/C17H16N2S2/c1-19-15(20)17(18-16(19)21-2,13-9-5-3-6-10-13)14-11-7-4-8-12-14/h3-12H,1-2H3. The zero-order chi connectivity index (χ0) is 14.9. The van der Waals surface area contributed by atoms with E-state index in [1.807, 2.05) is 54.6 Å². The number of aliphatic imine (C=N–C) groups is 1. The Bertz CT molecular complexity index is 641. The van der Waals surface area contributed by atoms with Crippen LogP contribution < -0.4 is 0 Å². The number of likely N-dealkylation sites (N-methyl/N-ethyl adjacent to an activating group) is 1. The van der Waals surface area contributed by atoms with Crippen molar-refractivity contribution in [3.8, 4) is 0 Å². The summed E-state index contributed by atoms with van der Waals surface area (Å²) < 4.78 is 0. The second-order valence-corrected chi connectivity index (χ2v) is 6.07. The summed E-state index contributed by atoms with van der Waals surface area (Å²) in [7, 11) is 1.99. The minimum absolute atomic E-state index is 0.592. The molecule has 1 aliphatic heterocycles. The lowest BCUT2D eigenvalue weighted by molar-refractivity contribution is 0.707. The molecule has 0 aliphatic carbocycles. The third kappa shape index (κ3) is 2.19. The van der Waals surface area contributed by atoms with Crippen molar-refractivity contribution in [3.63, 3.8) is 0 Å². The summed E-state index contributed by atoms with van der Waals surface area (Å²) in [5.74, 6) is 0. The van der Waals surface area contributed by atoms with Crippen LogP contribution in [0.4, 0.5) is 0 Å². The second-order valence-electron chi connectivity index (χ2n) is 4.91. The van der Waals surface area contributed by atoms with E-state index in [1.165, 1.54) is 0 Å². The van der Waals surface area contributed by atoms with Crippen LogP contribution in [-0.2, 0) is 5.54 Å². The Hall–Kier alpha value is -1.65. The summed E-state index contributed by atoms with van der Waals surface area (Å²) in [6.07, 6.45) is 2.03. The number of benzene rings is 2. The molecule has 4 heteroatoms. The van der Waals surface area contributed by atoms with Crippen LogP contribution in [-0.4, -0.2) is 28.4 Å². The van der Waals surface area contributed by atoms with Gasteiger partial charge >= 0.3 is 0 Å². The maximum Gasteiger partial charge on any atom is 0.165 e. The lowest BCUT2D eigenvalue weighted by Gasteiger charge is -2.28. The molecule has 21 heavy (non-hydrogen) atoms. The first kappa shape index (κ1) is 14.3. The molecule has 3 rings (SSSR count). The molecule has 2 aromatic carbocycles. The van der Waals surface area contributed by atoms with Gasteiger partial charge in [-0.15, -0.1) is 0 Å². The molecule has 1 heterocycles. The first-order valence-corrected chi connectivity index (χ1v) is 8.36. The first-order chi connectivity index (χ1) is 10.2. The Kier molecular flexibility index (Phi) is 3.83. The van der Waals surface area contributed by atoms with Crippen LogP contribution in [0.2, 0.25) is 0 Å². The van der Waals surface area contributed by atoms with Gasteiger partial charge < -0.3 is 4.90 Å².